The fourth-order valence-electron chi connectivity index (χ4n) is 2.11. The van der Waals surface area contributed by atoms with Gasteiger partial charge in [-0.2, -0.15) is 13.2 Å². The molecule has 104 valence electrons. The maximum absolute atomic E-state index is 13.7. The van der Waals surface area contributed by atoms with Crippen LogP contribution in [0.4, 0.5) is 17.6 Å². The lowest BCUT2D eigenvalue weighted by Gasteiger charge is -2.19. The monoisotopic (exact) mass is 276 g/mol. The maximum Gasteiger partial charge on any atom is 0.416 e. The van der Waals surface area contributed by atoms with Crippen molar-refractivity contribution in [2.45, 2.75) is 18.6 Å². The molecule has 2 unspecified atom stereocenters. The summed E-state index contributed by atoms with van der Waals surface area (Å²) in [4.78, 5) is 11.1. The Morgan fingerprint density at radius 1 is 1.37 bits per heavy atom. The number of benzene rings is 1. The number of alkyl halides is 3. The van der Waals surface area contributed by atoms with Crippen LogP contribution in [0.3, 0.4) is 0 Å². The number of halogens is 4. The van der Waals surface area contributed by atoms with Crippen LogP contribution in [0.25, 0.3) is 0 Å². The van der Waals surface area contributed by atoms with E-state index in [1.165, 1.54) is 0 Å². The molecule has 2 rings (SSSR count). The number of amides is 1. The molecule has 2 atom stereocenters. The van der Waals surface area contributed by atoms with E-state index >= 15 is 0 Å². The van der Waals surface area contributed by atoms with E-state index in [0.29, 0.717) is 12.6 Å². The first-order valence-corrected chi connectivity index (χ1v) is 5.68. The molecule has 1 amide bonds. The van der Waals surface area contributed by atoms with Gasteiger partial charge in [0.2, 0.25) is 5.91 Å². The number of nitrogens with one attached hydrogen (secondary N) is 1. The van der Waals surface area contributed by atoms with Crippen LogP contribution in [0.1, 0.15) is 23.6 Å². The summed E-state index contributed by atoms with van der Waals surface area (Å²) in [7, 11) is 0. The van der Waals surface area contributed by atoms with Gasteiger partial charge >= 0.3 is 6.18 Å². The van der Waals surface area contributed by atoms with Crippen LogP contribution in [0.5, 0.6) is 0 Å². The van der Waals surface area contributed by atoms with Gasteiger partial charge in [-0.05, 0) is 12.1 Å². The third-order valence-corrected chi connectivity index (χ3v) is 3.20. The summed E-state index contributed by atoms with van der Waals surface area (Å²) >= 11 is 0. The third-order valence-electron chi connectivity index (χ3n) is 3.20. The highest BCUT2D eigenvalue weighted by atomic mass is 19.4. The minimum Gasteiger partial charge on any atom is -0.356 e. The van der Waals surface area contributed by atoms with E-state index in [2.05, 4.69) is 5.32 Å². The van der Waals surface area contributed by atoms with Crippen molar-refractivity contribution in [1.29, 1.82) is 0 Å². The van der Waals surface area contributed by atoms with Crippen LogP contribution in [-0.2, 0) is 11.0 Å². The summed E-state index contributed by atoms with van der Waals surface area (Å²) < 4.78 is 50.9. The molecule has 0 saturated carbocycles. The summed E-state index contributed by atoms with van der Waals surface area (Å²) in [6.45, 7) is 0.306. The molecule has 1 aromatic carbocycles. The van der Waals surface area contributed by atoms with Gasteiger partial charge in [0.25, 0.3) is 0 Å². The van der Waals surface area contributed by atoms with Crippen molar-refractivity contribution >= 4 is 5.91 Å². The second-order valence-electron chi connectivity index (χ2n) is 4.53. The quantitative estimate of drug-likeness (QED) is 0.811. The average molecular weight is 276 g/mol. The molecule has 19 heavy (non-hydrogen) atoms. The molecule has 3 nitrogen and oxygen atoms in total. The Bertz CT molecular complexity index is 501. The lowest BCUT2D eigenvalue weighted by atomic mass is 9.92. The van der Waals surface area contributed by atoms with Crippen molar-refractivity contribution < 1.29 is 22.4 Å². The van der Waals surface area contributed by atoms with E-state index in [9.17, 15) is 22.4 Å². The van der Waals surface area contributed by atoms with Gasteiger partial charge in [0.15, 0.2) is 0 Å². The fraction of sp³-hybridized carbons (Fsp3) is 0.417. The largest absolute Gasteiger partial charge is 0.416 e. The zero-order chi connectivity index (χ0) is 14.2. The lowest BCUT2D eigenvalue weighted by Crippen LogP contribution is -2.24. The van der Waals surface area contributed by atoms with Gasteiger partial charge in [0.1, 0.15) is 5.82 Å². The minimum absolute atomic E-state index is 0.00509. The molecule has 1 heterocycles. The number of carbonyl (C=O) groups excluding carboxylic acids is 1. The first kappa shape index (κ1) is 13.8. The van der Waals surface area contributed by atoms with Crippen molar-refractivity contribution in [2.24, 2.45) is 11.7 Å². The van der Waals surface area contributed by atoms with Gasteiger partial charge in [-0.15, -0.1) is 0 Å². The molecule has 3 N–H and O–H groups in total. The molecule has 1 aliphatic heterocycles. The molecule has 0 radical (unpaired) electrons. The van der Waals surface area contributed by atoms with Gasteiger partial charge < -0.3 is 11.1 Å². The molecule has 0 aromatic heterocycles. The summed E-state index contributed by atoms with van der Waals surface area (Å²) in [5, 5.41) is 2.55. The number of nitrogens with two attached hydrogens (primary N) is 1. The molecule has 0 aliphatic carbocycles. The van der Waals surface area contributed by atoms with Gasteiger partial charge in [-0.3, -0.25) is 4.79 Å². The first-order valence-electron chi connectivity index (χ1n) is 5.68. The Kier molecular flexibility index (Phi) is 3.49. The van der Waals surface area contributed by atoms with Crippen LogP contribution in [0.2, 0.25) is 0 Å². The van der Waals surface area contributed by atoms with Crippen molar-refractivity contribution in [3.63, 3.8) is 0 Å². The van der Waals surface area contributed by atoms with E-state index in [4.69, 9.17) is 5.73 Å². The van der Waals surface area contributed by atoms with E-state index in [-0.39, 0.29) is 23.8 Å². The Labute approximate surface area is 106 Å². The number of hydrogen-bond donors (Lipinski definition) is 2. The van der Waals surface area contributed by atoms with Crippen LogP contribution in [-0.4, -0.2) is 12.5 Å². The standard InChI is InChI=1S/C12H12F4N2O/c13-9-4-7(12(14,15)16)1-2-8(9)11(17)6-3-10(19)18-5-6/h1-2,4,6,11H,3,5,17H2,(H,18,19). The van der Waals surface area contributed by atoms with Crippen molar-refractivity contribution in [3.8, 4) is 0 Å². The number of rotatable bonds is 2. The summed E-state index contributed by atoms with van der Waals surface area (Å²) in [5.74, 6) is -1.49. The van der Waals surface area contributed by atoms with E-state index in [0.717, 1.165) is 12.1 Å². The number of carbonyl (C=O) groups is 1. The highest BCUT2D eigenvalue weighted by Gasteiger charge is 2.33. The predicted molar refractivity (Wildman–Crippen MR) is 59.4 cm³/mol. The van der Waals surface area contributed by atoms with Crippen molar-refractivity contribution in [2.75, 3.05) is 6.54 Å². The average Bonchev–Trinajstić information content (AvgIpc) is 2.73. The minimum atomic E-state index is -4.59. The van der Waals surface area contributed by atoms with E-state index in [1.807, 2.05) is 0 Å². The Balaban J connectivity index is 2.23. The summed E-state index contributed by atoms with van der Waals surface area (Å²) in [6.07, 6.45) is -4.43. The maximum atomic E-state index is 13.7. The second kappa shape index (κ2) is 4.80. The summed E-state index contributed by atoms with van der Waals surface area (Å²) in [6, 6.07) is 1.45. The number of hydrogen-bond acceptors (Lipinski definition) is 2. The fourth-order valence-corrected chi connectivity index (χ4v) is 2.11. The molecular formula is C12H12F4N2O. The van der Waals surface area contributed by atoms with Crippen LogP contribution in [0.15, 0.2) is 18.2 Å². The van der Waals surface area contributed by atoms with Crippen LogP contribution in [0, 0.1) is 11.7 Å². The zero-order valence-corrected chi connectivity index (χ0v) is 9.80. The predicted octanol–water partition coefficient (Wildman–Crippen LogP) is 1.98. The molecule has 0 bridgehead atoms. The van der Waals surface area contributed by atoms with Gasteiger partial charge in [0, 0.05) is 30.5 Å². The van der Waals surface area contributed by atoms with Crippen molar-refractivity contribution in [3.05, 3.63) is 35.1 Å². The molecule has 1 aromatic rings. The van der Waals surface area contributed by atoms with Gasteiger partial charge in [-0.25, -0.2) is 4.39 Å². The third kappa shape index (κ3) is 2.86. The molecule has 1 saturated heterocycles. The smallest absolute Gasteiger partial charge is 0.356 e. The molecular weight excluding hydrogens is 264 g/mol. The lowest BCUT2D eigenvalue weighted by molar-refractivity contribution is -0.137. The molecule has 1 aliphatic rings. The van der Waals surface area contributed by atoms with Gasteiger partial charge in [0.05, 0.1) is 5.56 Å². The van der Waals surface area contributed by atoms with Gasteiger partial charge in [-0.1, -0.05) is 6.07 Å². The van der Waals surface area contributed by atoms with Crippen LogP contribution < -0.4 is 11.1 Å². The van der Waals surface area contributed by atoms with E-state index < -0.39 is 23.6 Å². The zero-order valence-electron chi connectivity index (χ0n) is 9.80. The molecule has 0 spiro atoms. The Morgan fingerprint density at radius 3 is 2.53 bits per heavy atom. The highest BCUT2D eigenvalue weighted by Crippen LogP contribution is 2.33. The van der Waals surface area contributed by atoms with E-state index in [1.54, 1.807) is 0 Å². The van der Waals surface area contributed by atoms with Crippen molar-refractivity contribution in [1.82, 2.24) is 5.32 Å². The SMILES string of the molecule is NC(c1ccc(C(F)(F)F)cc1F)C1CNC(=O)C1. The van der Waals surface area contributed by atoms with Crippen LogP contribution >= 0.6 is 0 Å². The highest BCUT2D eigenvalue weighted by molar-refractivity contribution is 5.78. The molecule has 7 heteroatoms. The first-order chi connectivity index (χ1) is 8.79. The topological polar surface area (TPSA) is 55.1 Å². The summed E-state index contributed by atoms with van der Waals surface area (Å²) in [5.41, 5.74) is 4.75. The molecule has 1 fully saturated rings. The second-order valence-corrected chi connectivity index (χ2v) is 4.53. The normalized spacial score (nSPS) is 21.3. The Hall–Kier alpha value is -1.63. The Morgan fingerprint density at radius 2 is 2.05 bits per heavy atom.